The Hall–Kier alpha value is -1.81. The smallest absolute Gasteiger partial charge is 0.198 e. The molecule has 3 N–H and O–H groups in total. The number of benzene rings is 1. The van der Waals surface area contributed by atoms with Gasteiger partial charge in [0.05, 0.1) is 12.1 Å². The number of oxazole rings is 1. The normalized spacial score (nSPS) is 12.6. The lowest BCUT2D eigenvalue weighted by atomic mass is 10.1. The summed E-state index contributed by atoms with van der Waals surface area (Å²) in [4.78, 5) is 4.36. The summed E-state index contributed by atoms with van der Waals surface area (Å²) < 4.78 is 5.37. The Labute approximate surface area is 100 Å². The van der Waals surface area contributed by atoms with Crippen molar-refractivity contribution in [2.75, 3.05) is 6.54 Å². The van der Waals surface area contributed by atoms with Gasteiger partial charge in [0, 0.05) is 18.0 Å². The third-order valence-corrected chi connectivity index (χ3v) is 2.76. The van der Waals surface area contributed by atoms with E-state index in [0.29, 0.717) is 18.9 Å². The minimum absolute atomic E-state index is 0.192. The fourth-order valence-corrected chi connectivity index (χ4v) is 1.58. The summed E-state index contributed by atoms with van der Waals surface area (Å²) >= 11 is 0. The van der Waals surface area contributed by atoms with Gasteiger partial charge in [-0.25, -0.2) is 4.98 Å². The summed E-state index contributed by atoms with van der Waals surface area (Å²) in [6, 6.07) is 7.17. The number of nitrogens with two attached hydrogens (primary N) is 1. The van der Waals surface area contributed by atoms with Gasteiger partial charge in [-0.05, 0) is 6.07 Å². The quantitative estimate of drug-likeness (QED) is 0.846. The molecule has 0 amide bonds. The lowest BCUT2D eigenvalue weighted by Crippen LogP contribution is -2.09. The highest BCUT2D eigenvalue weighted by Crippen LogP contribution is 2.20. The van der Waals surface area contributed by atoms with Gasteiger partial charge in [-0.2, -0.15) is 0 Å². The Morgan fingerprint density at radius 2 is 2.18 bits per heavy atom. The van der Waals surface area contributed by atoms with Gasteiger partial charge < -0.3 is 15.3 Å². The summed E-state index contributed by atoms with van der Waals surface area (Å²) in [5.41, 5.74) is 7.23. The Morgan fingerprint density at radius 1 is 1.41 bits per heavy atom. The van der Waals surface area contributed by atoms with Gasteiger partial charge in [0.1, 0.15) is 12.0 Å². The lowest BCUT2D eigenvalue weighted by molar-refractivity contribution is 0.461. The monoisotopic (exact) mass is 232 g/mol. The molecule has 1 heterocycles. The summed E-state index contributed by atoms with van der Waals surface area (Å²) in [6.45, 7) is 2.55. The summed E-state index contributed by atoms with van der Waals surface area (Å²) in [7, 11) is 0. The number of rotatable bonds is 4. The van der Waals surface area contributed by atoms with Crippen LogP contribution in [0.5, 0.6) is 5.75 Å². The SMILES string of the molecule is CC(CN)c1coc(Cc2ccccc2O)n1. The van der Waals surface area contributed by atoms with E-state index in [4.69, 9.17) is 10.2 Å². The van der Waals surface area contributed by atoms with Crippen molar-refractivity contribution in [2.24, 2.45) is 5.73 Å². The highest BCUT2D eigenvalue weighted by Gasteiger charge is 2.11. The predicted octanol–water partition coefficient (Wildman–Crippen LogP) is 2.03. The number of para-hydroxylation sites is 1. The van der Waals surface area contributed by atoms with Gasteiger partial charge in [-0.1, -0.05) is 25.1 Å². The first kappa shape index (κ1) is 11.7. The van der Waals surface area contributed by atoms with Crippen LogP contribution in [0.15, 0.2) is 34.9 Å². The minimum Gasteiger partial charge on any atom is -0.508 e. The Balaban J connectivity index is 2.14. The molecule has 0 spiro atoms. The molecule has 1 aromatic carbocycles. The van der Waals surface area contributed by atoms with Crippen LogP contribution in [0.25, 0.3) is 0 Å². The predicted molar refractivity (Wildman–Crippen MR) is 64.9 cm³/mol. The van der Waals surface area contributed by atoms with E-state index < -0.39 is 0 Å². The molecule has 4 nitrogen and oxygen atoms in total. The highest BCUT2D eigenvalue weighted by atomic mass is 16.3. The van der Waals surface area contributed by atoms with E-state index in [1.54, 1.807) is 18.4 Å². The van der Waals surface area contributed by atoms with Gasteiger partial charge >= 0.3 is 0 Å². The molecule has 17 heavy (non-hydrogen) atoms. The zero-order valence-electron chi connectivity index (χ0n) is 9.76. The third-order valence-electron chi connectivity index (χ3n) is 2.76. The van der Waals surface area contributed by atoms with Crippen molar-refractivity contribution in [2.45, 2.75) is 19.3 Å². The highest BCUT2D eigenvalue weighted by molar-refractivity contribution is 5.33. The van der Waals surface area contributed by atoms with Crippen LogP contribution in [0.1, 0.15) is 30.0 Å². The van der Waals surface area contributed by atoms with Crippen molar-refractivity contribution < 1.29 is 9.52 Å². The number of aromatic nitrogens is 1. The Morgan fingerprint density at radius 3 is 2.88 bits per heavy atom. The van der Waals surface area contributed by atoms with Crippen molar-refractivity contribution in [1.82, 2.24) is 4.98 Å². The fourth-order valence-electron chi connectivity index (χ4n) is 1.58. The van der Waals surface area contributed by atoms with Crippen LogP contribution in [-0.2, 0) is 6.42 Å². The lowest BCUT2D eigenvalue weighted by Gasteiger charge is -2.02. The second-order valence-corrected chi connectivity index (χ2v) is 4.11. The van der Waals surface area contributed by atoms with Gasteiger partial charge in [-0.3, -0.25) is 0 Å². The van der Waals surface area contributed by atoms with Crippen LogP contribution < -0.4 is 5.73 Å². The van der Waals surface area contributed by atoms with Crippen LogP contribution in [-0.4, -0.2) is 16.6 Å². The van der Waals surface area contributed by atoms with Gasteiger partial charge in [0.15, 0.2) is 5.89 Å². The topological polar surface area (TPSA) is 72.3 Å². The van der Waals surface area contributed by atoms with Crippen LogP contribution in [0.2, 0.25) is 0 Å². The third kappa shape index (κ3) is 2.65. The summed E-state index contributed by atoms with van der Waals surface area (Å²) in [6.07, 6.45) is 2.12. The van der Waals surface area contributed by atoms with Crippen molar-refractivity contribution in [3.05, 3.63) is 47.7 Å². The molecule has 0 bridgehead atoms. The molecule has 90 valence electrons. The molecule has 0 aliphatic heterocycles. The summed E-state index contributed by atoms with van der Waals surface area (Å²) in [5.74, 6) is 1.05. The molecule has 0 saturated heterocycles. The average Bonchev–Trinajstić information content (AvgIpc) is 2.80. The molecule has 0 aliphatic rings. The van der Waals surface area contributed by atoms with Gasteiger partial charge in [-0.15, -0.1) is 0 Å². The first-order valence-electron chi connectivity index (χ1n) is 5.62. The van der Waals surface area contributed by atoms with E-state index in [-0.39, 0.29) is 11.7 Å². The standard InChI is InChI=1S/C13H16N2O2/c1-9(7-14)11-8-17-13(15-11)6-10-4-2-3-5-12(10)16/h2-5,8-9,16H,6-7,14H2,1H3. The van der Waals surface area contributed by atoms with E-state index in [2.05, 4.69) is 4.98 Å². The molecule has 0 saturated carbocycles. The number of hydrogen-bond acceptors (Lipinski definition) is 4. The van der Waals surface area contributed by atoms with Crippen LogP contribution in [0, 0.1) is 0 Å². The summed E-state index contributed by atoms with van der Waals surface area (Å²) in [5, 5.41) is 9.64. The van der Waals surface area contributed by atoms with Crippen molar-refractivity contribution in [3.63, 3.8) is 0 Å². The maximum atomic E-state index is 9.64. The molecular formula is C13H16N2O2. The second-order valence-electron chi connectivity index (χ2n) is 4.11. The van der Waals surface area contributed by atoms with Crippen LogP contribution in [0.4, 0.5) is 0 Å². The Bertz CT molecular complexity index is 494. The van der Waals surface area contributed by atoms with E-state index in [1.807, 2.05) is 19.1 Å². The first-order valence-corrected chi connectivity index (χ1v) is 5.62. The van der Waals surface area contributed by atoms with E-state index in [9.17, 15) is 5.11 Å². The molecule has 1 aromatic heterocycles. The number of nitrogens with zero attached hydrogens (tertiary/aromatic N) is 1. The minimum atomic E-state index is 0.192. The van der Waals surface area contributed by atoms with Crippen molar-refractivity contribution in [3.8, 4) is 5.75 Å². The number of phenols is 1. The number of aromatic hydroxyl groups is 1. The zero-order valence-corrected chi connectivity index (χ0v) is 9.76. The second kappa shape index (κ2) is 5.01. The van der Waals surface area contributed by atoms with Crippen LogP contribution in [0.3, 0.4) is 0 Å². The maximum Gasteiger partial charge on any atom is 0.198 e. The first-order chi connectivity index (χ1) is 8.20. The molecule has 2 aromatic rings. The van der Waals surface area contributed by atoms with Crippen molar-refractivity contribution in [1.29, 1.82) is 0 Å². The molecule has 4 heteroatoms. The molecule has 1 unspecified atom stereocenters. The number of phenolic OH excluding ortho intramolecular Hbond substituents is 1. The number of hydrogen-bond donors (Lipinski definition) is 2. The van der Waals surface area contributed by atoms with Crippen LogP contribution >= 0.6 is 0 Å². The molecular weight excluding hydrogens is 216 g/mol. The molecule has 1 atom stereocenters. The van der Waals surface area contributed by atoms with Gasteiger partial charge in [0.2, 0.25) is 0 Å². The zero-order chi connectivity index (χ0) is 12.3. The molecule has 0 radical (unpaired) electrons. The molecule has 0 aliphatic carbocycles. The molecule has 0 fully saturated rings. The Kier molecular flexibility index (Phi) is 3.44. The molecule has 2 rings (SSSR count). The van der Waals surface area contributed by atoms with Crippen molar-refractivity contribution >= 4 is 0 Å². The fraction of sp³-hybridized carbons (Fsp3) is 0.308. The van der Waals surface area contributed by atoms with Gasteiger partial charge in [0.25, 0.3) is 0 Å². The van der Waals surface area contributed by atoms with E-state index in [0.717, 1.165) is 11.3 Å². The largest absolute Gasteiger partial charge is 0.508 e. The maximum absolute atomic E-state index is 9.64. The average molecular weight is 232 g/mol. The van der Waals surface area contributed by atoms with E-state index >= 15 is 0 Å². The van der Waals surface area contributed by atoms with E-state index in [1.165, 1.54) is 0 Å².